The minimum Gasteiger partial charge on any atom is -0.486 e. The quantitative estimate of drug-likeness (QED) is 0.721. The largest absolute Gasteiger partial charge is 0.486 e. The molecule has 8 nitrogen and oxygen atoms in total. The molecular formula is C21H22N2O6. The third kappa shape index (κ3) is 5.97. The van der Waals surface area contributed by atoms with Crippen LogP contribution in [0, 0.1) is 0 Å². The molecule has 1 aliphatic rings. The van der Waals surface area contributed by atoms with Crippen LogP contribution in [0.25, 0.3) is 0 Å². The van der Waals surface area contributed by atoms with Gasteiger partial charge in [0.1, 0.15) is 13.2 Å². The van der Waals surface area contributed by atoms with Gasteiger partial charge in [0.05, 0.1) is 6.42 Å². The monoisotopic (exact) mass is 398 g/mol. The van der Waals surface area contributed by atoms with E-state index in [1.54, 1.807) is 18.2 Å². The van der Waals surface area contributed by atoms with Gasteiger partial charge in [-0.3, -0.25) is 14.9 Å². The highest BCUT2D eigenvalue weighted by atomic mass is 16.6. The number of ether oxygens (including phenoxy) is 3. The summed E-state index contributed by atoms with van der Waals surface area (Å²) in [7, 11) is 0. The minimum absolute atomic E-state index is 0.0333. The molecule has 29 heavy (non-hydrogen) atoms. The molecule has 3 amide bonds. The SMILES string of the molecule is C[C@@H](OC(=O)Cc1ccc2c(c1)OCCO2)C(=O)NC(=O)NCc1ccccc1. The molecule has 0 saturated heterocycles. The molecule has 0 aliphatic carbocycles. The van der Waals surface area contributed by atoms with Gasteiger partial charge >= 0.3 is 12.0 Å². The molecule has 3 rings (SSSR count). The number of fused-ring (bicyclic) bond motifs is 1. The Morgan fingerprint density at radius 1 is 1.00 bits per heavy atom. The number of rotatable bonds is 6. The first-order valence-corrected chi connectivity index (χ1v) is 9.22. The molecule has 1 aliphatic heterocycles. The molecule has 0 unspecified atom stereocenters. The fourth-order valence-electron chi connectivity index (χ4n) is 2.69. The Bertz CT molecular complexity index is 884. The zero-order valence-corrected chi connectivity index (χ0v) is 16.0. The highest BCUT2D eigenvalue weighted by molar-refractivity contribution is 5.97. The Hall–Kier alpha value is -3.55. The summed E-state index contributed by atoms with van der Waals surface area (Å²) < 4.78 is 16.0. The van der Waals surface area contributed by atoms with Crippen LogP contribution >= 0.6 is 0 Å². The maximum absolute atomic E-state index is 12.1. The fourth-order valence-corrected chi connectivity index (χ4v) is 2.69. The molecular weight excluding hydrogens is 376 g/mol. The zero-order valence-electron chi connectivity index (χ0n) is 16.0. The van der Waals surface area contributed by atoms with Gasteiger partial charge in [0.25, 0.3) is 5.91 Å². The number of carbonyl (C=O) groups is 3. The van der Waals surface area contributed by atoms with Gasteiger partial charge < -0.3 is 19.5 Å². The molecule has 0 saturated carbocycles. The van der Waals surface area contributed by atoms with Gasteiger partial charge in [-0.2, -0.15) is 0 Å². The number of nitrogens with one attached hydrogen (secondary N) is 2. The van der Waals surface area contributed by atoms with Crippen LogP contribution in [0.5, 0.6) is 11.5 Å². The van der Waals surface area contributed by atoms with E-state index < -0.39 is 24.0 Å². The number of hydrogen-bond acceptors (Lipinski definition) is 6. The van der Waals surface area contributed by atoms with Gasteiger partial charge in [-0.25, -0.2) is 4.79 Å². The summed E-state index contributed by atoms with van der Waals surface area (Å²) in [4.78, 5) is 36.0. The first-order chi connectivity index (χ1) is 14.0. The average Bonchev–Trinajstić information content (AvgIpc) is 2.72. The number of carbonyl (C=O) groups excluding carboxylic acids is 3. The van der Waals surface area contributed by atoms with Gasteiger partial charge in [0.2, 0.25) is 0 Å². The van der Waals surface area contributed by atoms with Crippen LogP contribution in [0.2, 0.25) is 0 Å². The number of esters is 1. The van der Waals surface area contributed by atoms with Crippen LogP contribution in [0.15, 0.2) is 48.5 Å². The maximum atomic E-state index is 12.1. The molecule has 1 atom stereocenters. The zero-order chi connectivity index (χ0) is 20.6. The van der Waals surface area contributed by atoms with Crippen molar-refractivity contribution >= 4 is 17.9 Å². The predicted octanol–water partition coefficient (Wildman–Crippen LogP) is 1.96. The van der Waals surface area contributed by atoms with Crippen molar-refractivity contribution in [2.45, 2.75) is 26.0 Å². The maximum Gasteiger partial charge on any atom is 0.321 e. The van der Waals surface area contributed by atoms with E-state index in [4.69, 9.17) is 14.2 Å². The molecule has 0 fully saturated rings. The van der Waals surface area contributed by atoms with Gasteiger partial charge in [-0.1, -0.05) is 36.4 Å². The third-order valence-electron chi connectivity index (χ3n) is 4.17. The summed E-state index contributed by atoms with van der Waals surface area (Å²) >= 11 is 0. The van der Waals surface area contributed by atoms with Crippen molar-refractivity contribution in [1.29, 1.82) is 0 Å². The van der Waals surface area contributed by atoms with E-state index in [-0.39, 0.29) is 13.0 Å². The molecule has 0 spiro atoms. The van der Waals surface area contributed by atoms with Crippen molar-refractivity contribution in [3.63, 3.8) is 0 Å². The Morgan fingerprint density at radius 2 is 1.72 bits per heavy atom. The Balaban J connectivity index is 1.43. The molecule has 1 heterocycles. The van der Waals surface area contributed by atoms with Crippen molar-refractivity contribution in [3.05, 3.63) is 59.7 Å². The summed E-state index contributed by atoms with van der Waals surface area (Å²) in [5.41, 5.74) is 1.57. The van der Waals surface area contributed by atoms with Crippen LogP contribution in [-0.4, -0.2) is 37.2 Å². The molecule has 0 aromatic heterocycles. The van der Waals surface area contributed by atoms with Crippen LogP contribution in [0.1, 0.15) is 18.1 Å². The average molecular weight is 398 g/mol. The Labute approximate surface area is 168 Å². The molecule has 152 valence electrons. The van der Waals surface area contributed by atoms with Crippen molar-refractivity contribution in [2.24, 2.45) is 0 Å². The van der Waals surface area contributed by atoms with E-state index in [0.29, 0.717) is 30.3 Å². The van der Waals surface area contributed by atoms with E-state index in [2.05, 4.69) is 10.6 Å². The van der Waals surface area contributed by atoms with Crippen LogP contribution in [0.3, 0.4) is 0 Å². The van der Waals surface area contributed by atoms with Crippen molar-refractivity contribution in [3.8, 4) is 11.5 Å². The topological polar surface area (TPSA) is 103 Å². The van der Waals surface area contributed by atoms with Crippen molar-refractivity contribution in [1.82, 2.24) is 10.6 Å². The van der Waals surface area contributed by atoms with Gasteiger partial charge in [0.15, 0.2) is 17.6 Å². The van der Waals surface area contributed by atoms with Gasteiger partial charge in [-0.15, -0.1) is 0 Å². The molecule has 8 heteroatoms. The first-order valence-electron chi connectivity index (χ1n) is 9.22. The summed E-state index contributed by atoms with van der Waals surface area (Å²) in [6, 6.07) is 13.8. The van der Waals surface area contributed by atoms with E-state index in [1.807, 2.05) is 30.3 Å². The number of amides is 3. The van der Waals surface area contributed by atoms with E-state index in [0.717, 1.165) is 5.56 Å². The highest BCUT2D eigenvalue weighted by Crippen LogP contribution is 2.30. The fraction of sp³-hybridized carbons (Fsp3) is 0.286. The molecule has 2 aromatic carbocycles. The Morgan fingerprint density at radius 3 is 2.48 bits per heavy atom. The number of hydrogen-bond donors (Lipinski definition) is 2. The van der Waals surface area contributed by atoms with Gasteiger partial charge in [-0.05, 0) is 30.2 Å². The second kappa shape index (κ2) is 9.59. The van der Waals surface area contributed by atoms with Crippen LogP contribution < -0.4 is 20.1 Å². The summed E-state index contributed by atoms with van der Waals surface area (Å²) in [5, 5.41) is 4.73. The third-order valence-corrected chi connectivity index (χ3v) is 4.17. The summed E-state index contributed by atoms with van der Waals surface area (Å²) in [6.45, 7) is 2.62. The normalized spacial score (nSPS) is 13.1. The lowest BCUT2D eigenvalue weighted by Crippen LogP contribution is -2.44. The minimum atomic E-state index is -1.11. The van der Waals surface area contributed by atoms with Crippen LogP contribution in [-0.2, 0) is 27.3 Å². The molecule has 2 aromatic rings. The predicted molar refractivity (Wildman–Crippen MR) is 104 cm³/mol. The summed E-state index contributed by atoms with van der Waals surface area (Å²) in [6.07, 6.45) is -1.14. The number of benzene rings is 2. The lowest BCUT2D eigenvalue weighted by atomic mass is 10.1. The van der Waals surface area contributed by atoms with Crippen LogP contribution in [0.4, 0.5) is 4.79 Å². The lowest BCUT2D eigenvalue weighted by Gasteiger charge is -2.19. The molecule has 2 N–H and O–H groups in total. The lowest BCUT2D eigenvalue weighted by molar-refractivity contribution is -0.153. The number of urea groups is 1. The van der Waals surface area contributed by atoms with Crippen molar-refractivity contribution < 1.29 is 28.6 Å². The molecule has 0 bridgehead atoms. The smallest absolute Gasteiger partial charge is 0.321 e. The number of imide groups is 1. The first kappa shape index (κ1) is 20.2. The molecule has 0 radical (unpaired) electrons. The van der Waals surface area contributed by atoms with Gasteiger partial charge in [0, 0.05) is 6.54 Å². The summed E-state index contributed by atoms with van der Waals surface area (Å²) in [5.74, 6) is -0.0924. The van der Waals surface area contributed by atoms with E-state index in [1.165, 1.54) is 6.92 Å². The second-order valence-corrected chi connectivity index (χ2v) is 6.44. The second-order valence-electron chi connectivity index (χ2n) is 6.44. The van der Waals surface area contributed by atoms with E-state index >= 15 is 0 Å². The Kier molecular flexibility index (Phi) is 6.67. The van der Waals surface area contributed by atoms with E-state index in [9.17, 15) is 14.4 Å². The standard InChI is InChI=1S/C21H22N2O6/c1-14(20(25)23-21(26)22-13-15-5-3-2-4-6-15)29-19(24)12-16-7-8-17-18(11-16)28-10-9-27-17/h2-8,11,14H,9-10,12-13H2,1H3,(H2,22,23,25,26)/t14-/m1/s1. The van der Waals surface area contributed by atoms with Crippen molar-refractivity contribution in [2.75, 3.05) is 13.2 Å². The highest BCUT2D eigenvalue weighted by Gasteiger charge is 2.21.